The number of hydrogen-bond donors (Lipinski definition) is 0. The summed E-state index contributed by atoms with van der Waals surface area (Å²) in [7, 11) is 0. The summed E-state index contributed by atoms with van der Waals surface area (Å²) in [6, 6.07) is 33.8. The van der Waals surface area contributed by atoms with Crippen molar-refractivity contribution in [3.8, 4) is 45.3 Å². The van der Waals surface area contributed by atoms with Crippen LogP contribution in [0.3, 0.4) is 0 Å². The van der Waals surface area contributed by atoms with Gasteiger partial charge in [-0.3, -0.25) is 0 Å². The van der Waals surface area contributed by atoms with E-state index in [0.717, 1.165) is 16.7 Å². The van der Waals surface area contributed by atoms with E-state index in [-0.39, 0.29) is 5.41 Å². The quantitative estimate of drug-likeness (QED) is 0.292. The molecule has 0 aliphatic heterocycles. The lowest BCUT2D eigenvalue weighted by Crippen LogP contribution is -2.15. The van der Waals surface area contributed by atoms with Gasteiger partial charge in [0.2, 0.25) is 0 Å². The molecule has 6 rings (SSSR count). The van der Waals surface area contributed by atoms with Crippen LogP contribution in [0.15, 0.2) is 97.1 Å². The molecular weight excluding hydrogens is 414 g/mol. The molecule has 164 valence electrons. The molecule has 34 heavy (non-hydrogen) atoms. The molecule has 1 heterocycles. The van der Waals surface area contributed by atoms with Gasteiger partial charge in [-0.25, -0.2) is 15.0 Å². The van der Waals surface area contributed by atoms with Gasteiger partial charge in [0.15, 0.2) is 17.5 Å². The molecule has 0 bridgehead atoms. The Morgan fingerprint density at radius 2 is 1.03 bits per heavy atom. The van der Waals surface area contributed by atoms with E-state index in [1.54, 1.807) is 0 Å². The molecule has 1 aliphatic rings. The molecule has 4 aromatic carbocycles. The van der Waals surface area contributed by atoms with E-state index < -0.39 is 0 Å². The highest BCUT2D eigenvalue weighted by Crippen LogP contribution is 2.49. The summed E-state index contributed by atoms with van der Waals surface area (Å²) in [4.78, 5) is 14.7. The van der Waals surface area contributed by atoms with Crippen molar-refractivity contribution in [2.24, 2.45) is 0 Å². The summed E-state index contributed by atoms with van der Waals surface area (Å²) in [6.07, 6.45) is 0. The second-order valence-corrected chi connectivity index (χ2v) is 9.47. The average Bonchev–Trinajstić information content (AvgIpc) is 3.11. The highest BCUT2D eigenvalue weighted by molar-refractivity contribution is 5.83. The molecule has 0 saturated carbocycles. The van der Waals surface area contributed by atoms with E-state index in [2.05, 4.69) is 87.5 Å². The van der Waals surface area contributed by atoms with Crippen LogP contribution in [0.2, 0.25) is 0 Å². The molecule has 1 aromatic heterocycles. The van der Waals surface area contributed by atoms with E-state index in [4.69, 9.17) is 15.0 Å². The van der Waals surface area contributed by atoms with Crippen molar-refractivity contribution in [2.45, 2.75) is 26.2 Å². The highest BCUT2D eigenvalue weighted by Gasteiger charge is 2.35. The molecule has 0 fully saturated rings. The number of nitrogens with zero attached hydrogens (tertiary/aromatic N) is 3. The maximum Gasteiger partial charge on any atom is 0.164 e. The maximum atomic E-state index is 4.93. The summed E-state index contributed by atoms with van der Waals surface area (Å²) in [6.45, 7) is 6.67. The SMILES string of the molecule is Cc1ccc(-c2nc(-c3ccccc3)nc(-c3ccc4c(c3)C(C)(C)c3ccccc3-4)n2)cc1. The topological polar surface area (TPSA) is 38.7 Å². The fraction of sp³-hybridized carbons (Fsp3) is 0.129. The second-order valence-electron chi connectivity index (χ2n) is 9.47. The molecule has 0 atom stereocenters. The largest absolute Gasteiger partial charge is 0.208 e. The molecule has 0 spiro atoms. The Hall–Kier alpha value is -4.11. The minimum Gasteiger partial charge on any atom is -0.208 e. The number of fused-ring (bicyclic) bond motifs is 3. The third-order valence-corrected chi connectivity index (χ3v) is 6.82. The smallest absolute Gasteiger partial charge is 0.164 e. The number of rotatable bonds is 3. The molecule has 3 heteroatoms. The molecule has 0 saturated heterocycles. The van der Waals surface area contributed by atoms with Gasteiger partial charge in [0.05, 0.1) is 0 Å². The highest BCUT2D eigenvalue weighted by atomic mass is 15.0. The van der Waals surface area contributed by atoms with Crippen molar-refractivity contribution in [1.29, 1.82) is 0 Å². The van der Waals surface area contributed by atoms with Crippen LogP contribution < -0.4 is 0 Å². The fourth-order valence-electron chi connectivity index (χ4n) is 4.90. The summed E-state index contributed by atoms with van der Waals surface area (Å²) in [5.74, 6) is 2.06. The van der Waals surface area contributed by atoms with Gasteiger partial charge in [-0.2, -0.15) is 0 Å². The van der Waals surface area contributed by atoms with Crippen LogP contribution in [-0.2, 0) is 5.41 Å². The van der Waals surface area contributed by atoms with Crippen molar-refractivity contribution >= 4 is 0 Å². The van der Waals surface area contributed by atoms with Gasteiger partial charge in [0.25, 0.3) is 0 Å². The normalized spacial score (nSPS) is 13.4. The van der Waals surface area contributed by atoms with Gasteiger partial charge < -0.3 is 0 Å². The lowest BCUT2D eigenvalue weighted by molar-refractivity contribution is 0.660. The number of aromatic nitrogens is 3. The van der Waals surface area contributed by atoms with Crippen LogP contribution in [0.25, 0.3) is 45.3 Å². The van der Waals surface area contributed by atoms with Gasteiger partial charge >= 0.3 is 0 Å². The zero-order valence-electron chi connectivity index (χ0n) is 19.6. The lowest BCUT2D eigenvalue weighted by atomic mass is 9.82. The Labute approximate surface area is 200 Å². The van der Waals surface area contributed by atoms with Crippen LogP contribution in [0.5, 0.6) is 0 Å². The van der Waals surface area contributed by atoms with Gasteiger partial charge in [-0.1, -0.05) is 110 Å². The van der Waals surface area contributed by atoms with Crippen LogP contribution in [-0.4, -0.2) is 15.0 Å². The first-order valence-electron chi connectivity index (χ1n) is 11.6. The molecule has 3 nitrogen and oxygen atoms in total. The molecule has 0 radical (unpaired) electrons. The first-order chi connectivity index (χ1) is 16.5. The molecule has 5 aromatic rings. The molecule has 0 unspecified atom stereocenters. The minimum absolute atomic E-state index is 0.0724. The first-order valence-corrected chi connectivity index (χ1v) is 11.6. The second kappa shape index (κ2) is 7.74. The van der Waals surface area contributed by atoms with Crippen molar-refractivity contribution in [3.63, 3.8) is 0 Å². The third kappa shape index (κ3) is 3.32. The van der Waals surface area contributed by atoms with Crippen molar-refractivity contribution in [3.05, 3.63) is 114 Å². The Kier molecular flexibility index (Phi) is 4.66. The van der Waals surface area contributed by atoms with Crippen molar-refractivity contribution in [2.75, 3.05) is 0 Å². The Balaban J connectivity index is 1.53. The Morgan fingerprint density at radius 1 is 0.500 bits per heavy atom. The van der Waals surface area contributed by atoms with Crippen LogP contribution >= 0.6 is 0 Å². The van der Waals surface area contributed by atoms with Crippen LogP contribution in [0.1, 0.15) is 30.5 Å². The van der Waals surface area contributed by atoms with Gasteiger partial charge in [0.1, 0.15) is 0 Å². The van der Waals surface area contributed by atoms with E-state index in [9.17, 15) is 0 Å². The standard InChI is InChI=1S/C31H25N3/c1-20-13-15-22(16-14-20)29-32-28(21-9-5-4-6-10-21)33-30(34-29)23-17-18-25-24-11-7-8-12-26(24)31(2,3)27(25)19-23/h4-19H,1-3H3. The van der Waals surface area contributed by atoms with Gasteiger partial charge in [-0.15, -0.1) is 0 Å². The van der Waals surface area contributed by atoms with Crippen LogP contribution in [0.4, 0.5) is 0 Å². The number of hydrogen-bond acceptors (Lipinski definition) is 3. The first kappa shape index (κ1) is 20.5. The monoisotopic (exact) mass is 439 g/mol. The molecule has 0 amide bonds. The molecular formula is C31H25N3. The Morgan fingerprint density at radius 3 is 1.74 bits per heavy atom. The Bertz CT molecular complexity index is 1520. The van der Waals surface area contributed by atoms with Crippen molar-refractivity contribution in [1.82, 2.24) is 15.0 Å². The van der Waals surface area contributed by atoms with Gasteiger partial charge in [-0.05, 0) is 35.2 Å². The van der Waals surface area contributed by atoms with Gasteiger partial charge in [0, 0.05) is 22.1 Å². The van der Waals surface area contributed by atoms with E-state index in [1.165, 1.54) is 27.8 Å². The predicted molar refractivity (Wildman–Crippen MR) is 138 cm³/mol. The fourth-order valence-corrected chi connectivity index (χ4v) is 4.90. The van der Waals surface area contributed by atoms with E-state index in [1.807, 2.05) is 30.3 Å². The number of aryl methyl sites for hydroxylation is 1. The van der Waals surface area contributed by atoms with Crippen molar-refractivity contribution < 1.29 is 0 Å². The van der Waals surface area contributed by atoms with E-state index >= 15 is 0 Å². The summed E-state index contributed by atoms with van der Waals surface area (Å²) < 4.78 is 0. The van der Waals surface area contributed by atoms with Crippen LogP contribution in [0, 0.1) is 6.92 Å². The average molecular weight is 440 g/mol. The molecule has 0 N–H and O–H groups in total. The maximum absolute atomic E-state index is 4.93. The zero-order valence-corrected chi connectivity index (χ0v) is 19.6. The lowest BCUT2D eigenvalue weighted by Gasteiger charge is -2.21. The third-order valence-electron chi connectivity index (χ3n) is 6.82. The summed E-state index contributed by atoms with van der Waals surface area (Å²) in [5, 5.41) is 0. The minimum atomic E-state index is -0.0724. The summed E-state index contributed by atoms with van der Waals surface area (Å²) >= 11 is 0. The predicted octanol–water partition coefficient (Wildman–Crippen LogP) is 7.49. The number of benzene rings is 4. The molecule has 1 aliphatic carbocycles. The zero-order chi connectivity index (χ0) is 23.3. The summed E-state index contributed by atoms with van der Waals surface area (Å²) in [5.41, 5.74) is 9.39. The van der Waals surface area contributed by atoms with E-state index in [0.29, 0.717) is 17.5 Å².